The van der Waals surface area contributed by atoms with Gasteiger partial charge in [-0.05, 0) is 36.8 Å². The summed E-state index contributed by atoms with van der Waals surface area (Å²) in [6, 6.07) is 3.28. The monoisotopic (exact) mass is 275 g/mol. The van der Waals surface area contributed by atoms with E-state index >= 15 is 0 Å². The van der Waals surface area contributed by atoms with Gasteiger partial charge in [0.05, 0.1) is 10.6 Å². The first-order chi connectivity index (χ1) is 9.63. The number of nitro benzene ring substituents is 1. The number of rotatable bonds is 4. The predicted octanol–water partition coefficient (Wildman–Crippen LogP) is 2.69. The molecule has 1 fully saturated rings. The Labute approximate surface area is 116 Å². The van der Waals surface area contributed by atoms with Gasteiger partial charge in [-0.15, -0.1) is 0 Å². The number of nitro groups is 1. The highest BCUT2D eigenvalue weighted by atomic mass is 16.6. The van der Waals surface area contributed by atoms with E-state index in [0.717, 1.165) is 12.1 Å². The third kappa shape index (κ3) is 2.45. The van der Waals surface area contributed by atoms with E-state index in [2.05, 4.69) is 10.6 Å². The predicted molar refractivity (Wildman–Crippen MR) is 75.9 cm³/mol. The second kappa shape index (κ2) is 5.11. The fraction of sp³-hybridized carbons (Fsp3) is 0.500. The average Bonchev–Trinajstić information content (AvgIpc) is 2.36. The van der Waals surface area contributed by atoms with E-state index in [1.807, 2.05) is 6.07 Å². The normalized spacial score (nSPS) is 17.9. The molecule has 2 aliphatic rings. The molecular weight excluding hydrogens is 258 g/mol. The zero-order chi connectivity index (χ0) is 14.1. The van der Waals surface area contributed by atoms with E-state index in [4.69, 9.17) is 0 Å². The number of fused-ring (bicyclic) bond motifs is 1. The maximum Gasteiger partial charge on any atom is 0.294 e. The Bertz CT molecular complexity index is 567. The molecule has 1 aliphatic carbocycles. The summed E-state index contributed by atoms with van der Waals surface area (Å²) in [6.07, 6.45) is 4.72. The lowest BCUT2D eigenvalue weighted by Crippen LogP contribution is -2.22. The van der Waals surface area contributed by atoms with Crippen LogP contribution in [0.25, 0.3) is 0 Å². The molecule has 0 saturated heterocycles. The smallest absolute Gasteiger partial charge is 0.294 e. The van der Waals surface area contributed by atoms with Gasteiger partial charge in [-0.3, -0.25) is 14.9 Å². The number of anilines is 2. The largest absolute Gasteiger partial charge is 0.379 e. The maximum absolute atomic E-state index is 11.4. The number of nitrogens with one attached hydrogen (secondary N) is 2. The summed E-state index contributed by atoms with van der Waals surface area (Å²) in [5.74, 6) is 0.548. The third-order valence-electron chi connectivity index (χ3n) is 4.12. The van der Waals surface area contributed by atoms with Crippen LogP contribution in [0, 0.1) is 16.0 Å². The van der Waals surface area contributed by atoms with Gasteiger partial charge in [0.1, 0.15) is 5.69 Å². The van der Waals surface area contributed by atoms with Gasteiger partial charge in [0, 0.05) is 19.0 Å². The molecular formula is C14H17N3O3. The molecule has 0 bridgehead atoms. The van der Waals surface area contributed by atoms with Gasteiger partial charge < -0.3 is 10.6 Å². The van der Waals surface area contributed by atoms with Crippen LogP contribution in [0.4, 0.5) is 17.1 Å². The van der Waals surface area contributed by atoms with E-state index in [9.17, 15) is 14.9 Å². The van der Waals surface area contributed by atoms with Crippen molar-refractivity contribution in [2.45, 2.75) is 32.1 Å². The molecule has 6 nitrogen and oxygen atoms in total. The van der Waals surface area contributed by atoms with Crippen LogP contribution in [0.5, 0.6) is 0 Å². The van der Waals surface area contributed by atoms with Gasteiger partial charge in [0.2, 0.25) is 5.91 Å². The molecule has 20 heavy (non-hydrogen) atoms. The van der Waals surface area contributed by atoms with Crippen molar-refractivity contribution in [3.05, 3.63) is 27.8 Å². The fourth-order valence-corrected chi connectivity index (χ4v) is 2.66. The van der Waals surface area contributed by atoms with E-state index in [-0.39, 0.29) is 11.6 Å². The molecule has 2 N–H and O–H groups in total. The summed E-state index contributed by atoms with van der Waals surface area (Å²) >= 11 is 0. The molecule has 106 valence electrons. The summed E-state index contributed by atoms with van der Waals surface area (Å²) in [5, 5.41) is 17.1. The fourth-order valence-electron chi connectivity index (χ4n) is 2.66. The number of carbonyl (C=O) groups excluding carboxylic acids is 1. The van der Waals surface area contributed by atoms with Crippen molar-refractivity contribution in [1.82, 2.24) is 0 Å². The van der Waals surface area contributed by atoms with Crippen molar-refractivity contribution >= 4 is 23.0 Å². The van der Waals surface area contributed by atoms with Crippen LogP contribution in [0.2, 0.25) is 0 Å². The highest BCUT2D eigenvalue weighted by Crippen LogP contribution is 2.35. The van der Waals surface area contributed by atoms with Crippen molar-refractivity contribution in [1.29, 1.82) is 0 Å². The molecule has 1 aromatic rings. The summed E-state index contributed by atoms with van der Waals surface area (Å²) in [4.78, 5) is 22.1. The van der Waals surface area contributed by atoms with Gasteiger partial charge >= 0.3 is 0 Å². The minimum atomic E-state index is -0.399. The first kappa shape index (κ1) is 12.9. The summed E-state index contributed by atoms with van der Waals surface area (Å²) < 4.78 is 0. The Balaban J connectivity index is 1.86. The lowest BCUT2D eigenvalue weighted by Gasteiger charge is -2.26. The quantitative estimate of drug-likeness (QED) is 0.653. The second-order valence-electron chi connectivity index (χ2n) is 5.51. The number of amides is 1. The Hall–Kier alpha value is -2.11. The third-order valence-corrected chi connectivity index (χ3v) is 4.12. The molecule has 0 spiro atoms. The van der Waals surface area contributed by atoms with Gasteiger partial charge in [0.15, 0.2) is 0 Å². The number of benzene rings is 1. The molecule has 1 amide bonds. The standard InChI is InChI=1S/C14H17N3O3/c18-14-5-4-10-6-12(15-8-9-2-1-3-9)13(17(19)20)7-11(10)16-14/h6-7,9,15H,1-5,8H2,(H,16,18). The number of carbonyl (C=O) groups is 1. The second-order valence-corrected chi connectivity index (χ2v) is 5.51. The summed E-state index contributed by atoms with van der Waals surface area (Å²) in [7, 11) is 0. The highest BCUT2D eigenvalue weighted by Gasteiger charge is 2.24. The van der Waals surface area contributed by atoms with E-state index in [1.165, 1.54) is 25.3 Å². The molecule has 1 aliphatic heterocycles. The Morgan fingerprint density at radius 3 is 2.80 bits per heavy atom. The summed E-state index contributed by atoms with van der Waals surface area (Å²) in [6.45, 7) is 0.784. The average molecular weight is 275 g/mol. The molecule has 1 heterocycles. The van der Waals surface area contributed by atoms with Gasteiger partial charge in [-0.1, -0.05) is 6.42 Å². The molecule has 6 heteroatoms. The molecule has 0 radical (unpaired) electrons. The Morgan fingerprint density at radius 2 is 2.15 bits per heavy atom. The molecule has 0 aromatic heterocycles. The zero-order valence-corrected chi connectivity index (χ0v) is 11.1. The molecule has 1 aromatic carbocycles. The minimum Gasteiger partial charge on any atom is -0.379 e. The van der Waals surface area contributed by atoms with Crippen LogP contribution < -0.4 is 10.6 Å². The number of aryl methyl sites for hydroxylation is 1. The van der Waals surface area contributed by atoms with Crippen LogP contribution in [0.15, 0.2) is 12.1 Å². The van der Waals surface area contributed by atoms with E-state index in [0.29, 0.717) is 30.1 Å². The molecule has 1 saturated carbocycles. The van der Waals surface area contributed by atoms with Crippen LogP contribution >= 0.6 is 0 Å². The van der Waals surface area contributed by atoms with Crippen molar-refractivity contribution in [2.24, 2.45) is 5.92 Å². The van der Waals surface area contributed by atoms with E-state index < -0.39 is 4.92 Å². The molecule has 3 rings (SSSR count). The van der Waals surface area contributed by atoms with Gasteiger partial charge in [-0.25, -0.2) is 0 Å². The Morgan fingerprint density at radius 1 is 1.35 bits per heavy atom. The number of hydrogen-bond donors (Lipinski definition) is 2. The Kier molecular flexibility index (Phi) is 3.30. The van der Waals surface area contributed by atoms with Crippen molar-refractivity contribution < 1.29 is 9.72 Å². The number of nitrogens with zero attached hydrogens (tertiary/aromatic N) is 1. The maximum atomic E-state index is 11.4. The van der Waals surface area contributed by atoms with Crippen LogP contribution in [0.3, 0.4) is 0 Å². The lowest BCUT2D eigenvalue weighted by molar-refractivity contribution is -0.383. The zero-order valence-electron chi connectivity index (χ0n) is 11.1. The topological polar surface area (TPSA) is 84.3 Å². The number of hydrogen-bond acceptors (Lipinski definition) is 4. The van der Waals surface area contributed by atoms with Crippen molar-refractivity contribution in [3.8, 4) is 0 Å². The molecule has 0 unspecified atom stereocenters. The first-order valence-corrected chi connectivity index (χ1v) is 6.98. The highest BCUT2D eigenvalue weighted by molar-refractivity contribution is 5.95. The lowest BCUT2D eigenvalue weighted by atomic mass is 9.85. The van der Waals surface area contributed by atoms with Gasteiger partial charge in [-0.2, -0.15) is 0 Å². The van der Waals surface area contributed by atoms with Crippen LogP contribution in [0.1, 0.15) is 31.2 Å². The SMILES string of the molecule is O=C1CCc2cc(NCC3CCC3)c([N+](=O)[O-])cc2N1. The summed E-state index contributed by atoms with van der Waals surface area (Å²) in [5.41, 5.74) is 2.13. The molecule has 0 atom stereocenters. The van der Waals surface area contributed by atoms with Crippen molar-refractivity contribution in [2.75, 3.05) is 17.2 Å². The van der Waals surface area contributed by atoms with Gasteiger partial charge in [0.25, 0.3) is 5.69 Å². The van der Waals surface area contributed by atoms with Crippen LogP contribution in [-0.4, -0.2) is 17.4 Å². The minimum absolute atomic E-state index is 0.0327. The first-order valence-electron chi connectivity index (χ1n) is 6.98. The van der Waals surface area contributed by atoms with E-state index in [1.54, 1.807) is 0 Å². The van der Waals surface area contributed by atoms with Crippen LogP contribution in [-0.2, 0) is 11.2 Å². The van der Waals surface area contributed by atoms with Crippen molar-refractivity contribution in [3.63, 3.8) is 0 Å².